The van der Waals surface area contributed by atoms with Crippen molar-refractivity contribution in [2.75, 3.05) is 17.2 Å². The number of nitrogens with zero attached hydrogens (tertiary/aromatic N) is 2. The van der Waals surface area contributed by atoms with Crippen LogP contribution < -0.4 is 10.6 Å². The smallest absolute Gasteiger partial charge is 0.134 e. The second-order valence-electron chi connectivity index (χ2n) is 6.22. The van der Waals surface area contributed by atoms with Gasteiger partial charge in [0.25, 0.3) is 0 Å². The van der Waals surface area contributed by atoms with E-state index in [0.717, 1.165) is 39.8 Å². The molecule has 4 heteroatoms. The number of rotatable bonds is 1. The van der Waals surface area contributed by atoms with Gasteiger partial charge in [-0.05, 0) is 37.5 Å². The van der Waals surface area contributed by atoms with E-state index in [0.29, 0.717) is 6.04 Å². The second-order valence-corrected chi connectivity index (χ2v) is 7.14. The zero-order chi connectivity index (χ0) is 14.4. The van der Waals surface area contributed by atoms with Crippen molar-refractivity contribution in [1.29, 1.82) is 0 Å². The molecule has 1 aliphatic carbocycles. The van der Waals surface area contributed by atoms with Gasteiger partial charge in [-0.1, -0.05) is 35.2 Å². The number of anilines is 2. The predicted molar refractivity (Wildman–Crippen MR) is 91.8 cm³/mol. The summed E-state index contributed by atoms with van der Waals surface area (Å²) in [7, 11) is 0. The Kier molecular flexibility index (Phi) is 3.29. The number of aromatic nitrogens is 1. The van der Waals surface area contributed by atoms with Gasteiger partial charge in [0.2, 0.25) is 0 Å². The van der Waals surface area contributed by atoms with Crippen molar-refractivity contribution in [3.05, 3.63) is 28.2 Å². The largest absolute Gasteiger partial charge is 0.398 e. The molecule has 0 amide bonds. The number of pyridine rings is 1. The molecule has 0 atom stereocenters. The van der Waals surface area contributed by atoms with Crippen molar-refractivity contribution in [2.24, 2.45) is 0 Å². The van der Waals surface area contributed by atoms with Crippen molar-refractivity contribution >= 4 is 38.3 Å². The van der Waals surface area contributed by atoms with E-state index in [1.165, 1.54) is 37.7 Å². The van der Waals surface area contributed by atoms with Crippen LogP contribution in [0.3, 0.4) is 0 Å². The zero-order valence-electron chi connectivity index (χ0n) is 12.1. The van der Waals surface area contributed by atoms with Gasteiger partial charge in [-0.25, -0.2) is 4.98 Å². The highest BCUT2D eigenvalue weighted by molar-refractivity contribution is 9.10. The lowest BCUT2D eigenvalue weighted by atomic mass is 9.94. The predicted octanol–water partition coefficient (Wildman–Crippen LogP) is 4.27. The SMILES string of the molecule is Nc1c2c(nc3cc(Br)ccc13)N(C1CCCCC1)CC2. The van der Waals surface area contributed by atoms with E-state index in [9.17, 15) is 0 Å². The first kappa shape index (κ1) is 13.4. The molecular weight excluding hydrogens is 326 g/mol. The molecule has 1 aromatic heterocycles. The summed E-state index contributed by atoms with van der Waals surface area (Å²) in [6, 6.07) is 6.85. The number of nitrogens with two attached hydrogens (primary N) is 1. The standard InChI is InChI=1S/C17H20BrN3/c18-11-6-7-13-15(10-11)20-17-14(16(13)19)8-9-21(17)12-4-2-1-3-5-12/h6-7,10,12H,1-5,8-9H2,(H2,19,20). The first-order chi connectivity index (χ1) is 10.2. The molecule has 1 fully saturated rings. The molecule has 0 radical (unpaired) electrons. The molecule has 3 nitrogen and oxygen atoms in total. The van der Waals surface area contributed by atoms with Crippen LogP contribution in [0, 0.1) is 0 Å². The van der Waals surface area contributed by atoms with E-state index >= 15 is 0 Å². The fraction of sp³-hybridized carbons (Fsp3) is 0.471. The van der Waals surface area contributed by atoms with Crippen LogP contribution in [-0.2, 0) is 6.42 Å². The fourth-order valence-corrected chi connectivity index (χ4v) is 4.21. The summed E-state index contributed by atoms with van der Waals surface area (Å²) < 4.78 is 1.06. The highest BCUT2D eigenvalue weighted by Gasteiger charge is 2.30. The lowest BCUT2D eigenvalue weighted by molar-refractivity contribution is 0.419. The number of nitrogen functional groups attached to an aromatic ring is 1. The van der Waals surface area contributed by atoms with Crippen molar-refractivity contribution in [2.45, 2.75) is 44.6 Å². The minimum absolute atomic E-state index is 0.663. The Labute approximate surface area is 133 Å². The average molecular weight is 346 g/mol. The maximum atomic E-state index is 6.43. The summed E-state index contributed by atoms with van der Waals surface area (Å²) in [6.45, 7) is 1.08. The third-order valence-electron chi connectivity index (χ3n) is 4.96. The summed E-state index contributed by atoms with van der Waals surface area (Å²) >= 11 is 3.53. The molecule has 1 aliphatic heterocycles. The lowest BCUT2D eigenvalue weighted by Gasteiger charge is -2.32. The van der Waals surface area contributed by atoms with Gasteiger partial charge in [0.15, 0.2) is 0 Å². The van der Waals surface area contributed by atoms with Crippen LogP contribution in [0.1, 0.15) is 37.7 Å². The minimum atomic E-state index is 0.663. The molecule has 21 heavy (non-hydrogen) atoms. The van der Waals surface area contributed by atoms with Gasteiger partial charge in [-0.3, -0.25) is 0 Å². The minimum Gasteiger partial charge on any atom is -0.398 e. The molecule has 0 spiro atoms. The van der Waals surface area contributed by atoms with Crippen molar-refractivity contribution in [1.82, 2.24) is 4.98 Å². The number of hydrogen-bond acceptors (Lipinski definition) is 3. The van der Waals surface area contributed by atoms with Gasteiger partial charge >= 0.3 is 0 Å². The fourth-order valence-electron chi connectivity index (χ4n) is 3.86. The zero-order valence-corrected chi connectivity index (χ0v) is 13.7. The normalized spacial score (nSPS) is 19.2. The van der Waals surface area contributed by atoms with Crippen LogP contribution in [0.15, 0.2) is 22.7 Å². The Bertz CT molecular complexity index is 692. The van der Waals surface area contributed by atoms with Crippen molar-refractivity contribution < 1.29 is 0 Å². The molecular formula is C17H20BrN3. The van der Waals surface area contributed by atoms with Gasteiger partial charge in [0.05, 0.1) is 5.52 Å². The van der Waals surface area contributed by atoms with Crippen LogP contribution in [0.5, 0.6) is 0 Å². The highest BCUT2D eigenvalue weighted by Crippen LogP contribution is 2.39. The molecule has 0 unspecified atom stereocenters. The maximum Gasteiger partial charge on any atom is 0.134 e. The van der Waals surface area contributed by atoms with Crippen LogP contribution in [0.2, 0.25) is 0 Å². The molecule has 2 aromatic rings. The Balaban J connectivity index is 1.82. The Morgan fingerprint density at radius 1 is 1.19 bits per heavy atom. The average Bonchev–Trinajstić information content (AvgIpc) is 2.92. The molecule has 0 bridgehead atoms. The number of benzene rings is 1. The lowest BCUT2D eigenvalue weighted by Crippen LogP contribution is -2.35. The van der Waals surface area contributed by atoms with E-state index in [1.807, 2.05) is 6.07 Å². The third kappa shape index (κ3) is 2.20. The Hall–Kier alpha value is -1.29. The summed E-state index contributed by atoms with van der Waals surface area (Å²) in [6.07, 6.45) is 7.74. The first-order valence-electron chi connectivity index (χ1n) is 7.88. The van der Waals surface area contributed by atoms with Crippen molar-refractivity contribution in [3.63, 3.8) is 0 Å². The number of halogens is 1. The monoisotopic (exact) mass is 345 g/mol. The molecule has 4 rings (SSSR count). The molecule has 1 saturated carbocycles. The molecule has 1 aromatic carbocycles. The number of hydrogen-bond donors (Lipinski definition) is 1. The number of fused-ring (bicyclic) bond motifs is 2. The van der Waals surface area contributed by atoms with Crippen LogP contribution in [0.25, 0.3) is 10.9 Å². The highest BCUT2D eigenvalue weighted by atomic mass is 79.9. The quantitative estimate of drug-likeness (QED) is 0.838. The van der Waals surface area contributed by atoms with Gasteiger partial charge in [-0.2, -0.15) is 0 Å². The molecule has 2 N–H and O–H groups in total. The van der Waals surface area contributed by atoms with Gasteiger partial charge in [0, 0.05) is 33.7 Å². The van der Waals surface area contributed by atoms with Gasteiger partial charge in [0.1, 0.15) is 5.82 Å². The molecule has 0 saturated heterocycles. The van der Waals surface area contributed by atoms with Crippen LogP contribution >= 0.6 is 15.9 Å². The van der Waals surface area contributed by atoms with E-state index in [1.54, 1.807) is 0 Å². The van der Waals surface area contributed by atoms with Gasteiger partial charge < -0.3 is 10.6 Å². The van der Waals surface area contributed by atoms with E-state index in [-0.39, 0.29) is 0 Å². The Morgan fingerprint density at radius 3 is 2.81 bits per heavy atom. The first-order valence-corrected chi connectivity index (χ1v) is 8.67. The topological polar surface area (TPSA) is 42.1 Å². The summed E-state index contributed by atoms with van der Waals surface area (Å²) in [5.41, 5.74) is 9.62. The second kappa shape index (κ2) is 5.16. The van der Waals surface area contributed by atoms with E-state index in [4.69, 9.17) is 10.7 Å². The third-order valence-corrected chi connectivity index (χ3v) is 5.45. The van der Waals surface area contributed by atoms with Crippen LogP contribution in [0.4, 0.5) is 11.5 Å². The molecule has 2 aliphatic rings. The van der Waals surface area contributed by atoms with E-state index in [2.05, 4.69) is 33.0 Å². The summed E-state index contributed by atoms with van der Waals surface area (Å²) in [5.74, 6) is 1.14. The molecule has 110 valence electrons. The summed E-state index contributed by atoms with van der Waals surface area (Å²) in [5, 5.41) is 1.09. The van der Waals surface area contributed by atoms with E-state index < -0.39 is 0 Å². The summed E-state index contributed by atoms with van der Waals surface area (Å²) in [4.78, 5) is 7.47. The van der Waals surface area contributed by atoms with Gasteiger partial charge in [-0.15, -0.1) is 0 Å². The molecule has 2 heterocycles. The van der Waals surface area contributed by atoms with Crippen molar-refractivity contribution in [3.8, 4) is 0 Å². The Morgan fingerprint density at radius 2 is 2.00 bits per heavy atom. The maximum absolute atomic E-state index is 6.43. The van der Waals surface area contributed by atoms with Crippen LogP contribution in [-0.4, -0.2) is 17.6 Å².